The Morgan fingerprint density at radius 1 is 1.38 bits per heavy atom. The fourth-order valence-electron chi connectivity index (χ4n) is 1.80. The molecule has 2 unspecified atom stereocenters. The number of nitrogens with two attached hydrogens (primary N) is 1. The molecular weight excluding hydrogens is 208 g/mol. The normalized spacial score (nSPS) is 14.8. The molecule has 0 radical (unpaired) electrons. The molecule has 1 heterocycles. The van der Waals surface area contributed by atoms with Crippen molar-refractivity contribution in [1.82, 2.24) is 4.98 Å². The number of rotatable bonds is 4. The van der Waals surface area contributed by atoms with Gasteiger partial charge in [-0.25, -0.2) is 4.98 Å². The fraction of sp³-hybridized carbons (Fsp3) is 0.545. The minimum Gasteiger partial charge on any atom is -0.396 e. The van der Waals surface area contributed by atoms with Crippen LogP contribution in [0, 0.1) is 13.8 Å². The molecule has 0 aliphatic carbocycles. The summed E-state index contributed by atoms with van der Waals surface area (Å²) in [5.41, 5.74) is 7.53. The largest absolute Gasteiger partial charge is 0.396 e. The van der Waals surface area contributed by atoms with Crippen LogP contribution in [0.5, 0.6) is 0 Å². The number of aliphatic hydroxyl groups excluding tert-OH is 3. The molecule has 5 heteroatoms. The van der Waals surface area contributed by atoms with Crippen LogP contribution >= 0.6 is 0 Å². The molecule has 1 aromatic rings. The second-order valence-corrected chi connectivity index (χ2v) is 3.89. The van der Waals surface area contributed by atoms with Crippen molar-refractivity contribution in [3.05, 3.63) is 22.9 Å². The average molecular weight is 226 g/mol. The van der Waals surface area contributed by atoms with Gasteiger partial charge in [0.05, 0.1) is 6.10 Å². The molecule has 0 amide bonds. The highest BCUT2D eigenvalue weighted by molar-refractivity contribution is 5.41. The monoisotopic (exact) mass is 226 g/mol. The number of aryl methyl sites for hydroxylation is 2. The van der Waals surface area contributed by atoms with Crippen molar-refractivity contribution >= 4 is 5.82 Å². The Morgan fingerprint density at radius 3 is 2.50 bits per heavy atom. The van der Waals surface area contributed by atoms with Crippen molar-refractivity contribution in [3.8, 4) is 0 Å². The molecule has 5 N–H and O–H groups in total. The zero-order valence-electron chi connectivity index (χ0n) is 9.51. The van der Waals surface area contributed by atoms with E-state index in [1.165, 1.54) is 0 Å². The fourth-order valence-corrected chi connectivity index (χ4v) is 1.80. The molecule has 2 atom stereocenters. The van der Waals surface area contributed by atoms with Gasteiger partial charge in [0.2, 0.25) is 0 Å². The van der Waals surface area contributed by atoms with E-state index in [1.807, 2.05) is 0 Å². The summed E-state index contributed by atoms with van der Waals surface area (Å²) in [5.74, 6) is 0.391. The molecule has 0 fully saturated rings. The van der Waals surface area contributed by atoms with Crippen molar-refractivity contribution < 1.29 is 15.3 Å². The highest BCUT2D eigenvalue weighted by Crippen LogP contribution is 2.25. The second kappa shape index (κ2) is 5.25. The van der Waals surface area contributed by atoms with Crippen molar-refractivity contribution in [2.75, 3.05) is 12.3 Å². The summed E-state index contributed by atoms with van der Waals surface area (Å²) in [6.07, 6.45) is -1.90. The topological polar surface area (TPSA) is 99.6 Å². The van der Waals surface area contributed by atoms with Crippen LogP contribution in [0.3, 0.4) is 0 Å². The Morgan fingerprint density at radius 2 is 2.00 bits per heavy atom. The van der Waals surface area contributed by atoms with Gasteiger partial charge in [0, 0.05) is 17.9 Å². The Bertz CT molecular complexity index is 345. The molecule has 0 saturated heterocycles. The van der Waals surface area contributed by atoms with Crippen molar-refractivity contribution in [2.45, 2.75) is 32.5 Å². The highest BCUT2D eigenvalue weighted by atomic mass is 16.3. The number of hydrogen-bond donors (Lipinski definition) is 4. The number of aromatic nitrogens is 1. The molecule has 90 valence electrons. The van der Waals surface area contributed by atoms with Crippen LogP contribution in [0.25, 0.3) is 0 Å². The summed E-state index contributed by atoms with van der Waals surface area (Å²) >= 11 is 0. The lowest BCUT2D eigenvalue weighted by Crippen LogP contribution is -2.21. The van der Waals surface area contributed by atoms with Gasteiger partial charge in [-0.3, -0.25) is 0 Å². The van der Waals surface area contributed by atoms with E-state index in [9.17, 15) is 10.2 Å². The molecule has 5 nitrogen and oxygen atoms in total. The third-order valence-electron chi connectivity index (χ3n) is 2.56. The number of pyridine rings is 1. The van der Waals surface area contributed by atoms with Gasteiger partial charge in [0.15, 0.2) is 0 Å². The predicted octanol–water partition coefficient (Wildman–Crippen LogP) is 0.0573. The Hall–Kier alpha value is -1.17. The first-order chi connectivity index (χ1) is 7.47. The first-order valence-corrected chi connectivity index (χ1v) is 5.18. The first-order valence-electron chi connectivity index (χ1n) is 5.18. The van der Waals surface area contributed by atoms with E-state index in [1.54, 1.807) is 19.9 Å². The second-order valence-electron chi connectivity index (χ2n) is 3.89. The van der Waals surface area contributed by atoms with Gasteiger partial charge in [-0.1, -0.05) is 0 Å². The van der Waals surface area contributed by atoms with Crippen LogP contribution in [0.2, 0.25) is 0 Å². The van der Waals surface area contributed by atoms with E-state index < -0.39 is 12.2 Å². The summed E-state index contributed by atoms with van der Waals surface area (Å²) in [4.78, 5) is 4.04. The zero-order chi connectivity index (χ0) is 12.3. The molecule has 0 aromatic carbocycles. The molecule has 0 bridgehead atoms. The maximum Gasteiger partial charge on any atom is 0.123 e. The standard InChI is InChI=1S/C11H18N2O3/c1-6-5-9(12)13-7(2)10(6)11(16)8(15)3-4-14/h5,8,11,14-16H,3-4H2,1-2H3,(H2,12,13). The number of nitrogens with zero attached hydrogens (tertiary/aromatic N) is 1. The van der Waals surface area contributed by atoms with Crippen LogP contribution in [-0.4, -0.2) is 33.0 Å². The number of aliphatic hydroxyl groups is 3. The summed E-state index contributed by atoms with van der Waals surface area (Å²) in [7, 11) is 0. The Labute approximate surface area is 94.6 Å². The molecule has 0 spiro atoms. The maximum atomic E-state index is 9.93. The summed E-state index contributed by atoms with van der Waals surface area (Å²) < 4.78 is 0. The summed E-state index contributed by atoms with van der Waals surface area (Å²) in [5, 5.41) is 28.3. The van der Waals surface area contributed by atoms with Crippen LogP contribution < -0.4 is 5.73 Å². The third kappa shape index (κ3) is 2.69. The van der Waals surface area contributed by atoms with Gasteiger partial charge in [0.1, 0.15) is 11.9 Å². The summed E-state index contributed by atoms with van der Waals surface area (Å²) in [6.45, 7) is 3.36. The SMILES string of the molecule is Cc1cc(N)nc(C)c1C(O)C(O)CCO. The van der Waals surface area contributed by atoms with Crippen molar-refractivity contribution in [2.24, 2.45) is 0 Å². The Balaban J connectivity index is 3.03. The van der Waals surface area contributed by atoms with Crippen LogP contribution in [0.15, 0.2) is 6.07 Å². The van der Waals surface area contributed by atoms with Gasteiger partial charge in [-0.2, -0.15) is 0 Å². The maximum absolute atomic E-state index is 9.93. The summed E-state index contributed by atoms with van der Waals surface area (Å²) in [6, 6.07) is 1.65. The smallest absolute Gasteiger partial charge is 0.123 e. The first kappa shape index (κ1) is 12.9. The van der Waals surface area contributed by atoms with Gasteiger partial charge < -0.3 is 21.1 Å². The molecular formula is C11H18N2O3. The Kier molecular flexibility index (Phi) is 4.23. The van der Waals surface area contributed by atoms with E-state index in [-0.39, 0.29) is 13.0 Å². The zero-order valence-corrected chi connectivity index (χ0v) is 9.51. The molecule has 0 saturated carbocycles. The number of hydrogen-bond acceptors (Lipinski definition) is 5. The van der Waals surface area contributed by atoms with Gasteiger partial charge in [-0.15, -0.1) is 0 Å². The van der Waals surface area contributed by atoms with E-state index >= 15 is 0 Å². The van der Waals surface area contributed by atoms with Crippen molar-refractivity contribution in [1.29, 1.82) is 0 Å². The highest BCUT2D eigenvalue weighted by Gasteiger charge is 2.22. The predicted molar refractivity (Wildman–Crippen MR) is 60.8 cm³/mol. The van der Waals surface area contributed by atoms with Gasteiger partial charge >= 0.3 is 0 Å². The molecule has 0 aliphatic rings. The minimum absolute atomic E-state index is 0.129. The lowest BCUT2D eigenvalue weighted by molar-refractivity contribution is 0.00335. The van der Waals surface area contributed by atoms with E-state index in [0.29, 0.717) is 17.1 Å². The van der Waals surface area contributed by atoms with Gasteiger partial charge in [0.25, 0.3) is 0 Å². The quantitative estimate of drug-likeness (QED) is 0.581. The lowest BCUT2D eigenvalue weighted by atomic mass is 9.97. The molecule has 1 rings (SSSR count). The number of nitrogen functional groups attached to an aromatic ring is 1. The number of anilines is 1. The van der Waals surface area contributed by atoms with E-state index in [4.69, 9.17) is 10.8 Å². The minimum atomic E-state index is -1.04. The van der Waals surface area contributed by atoms with Crippen LogP contribution in [0.4, 0.5) is 5.82 Å². The average Bonchev–Trinajstić information content (AvgIpc) is 2.16. The van der Waals surface area contributed by atoms with Crippen molar-refractivity contribution in [3.63, 3.8) is 0 Å². The van der Waals surface area contributed by atoms with E-state index in [2.05, 4.69) is 4.98 Å². The van der Waals surface area contributed by atoms with Gasteiger partial charge in [-0.05, 0) is 31.9 Å². The van der Waals surface area contributed by atoms with Crippen LogP contribution in [-0.2, 0) is 0 Å². The lowest BCUT2D eigenvalue weighted by Gasteiger charge is -2.20. The molecule has 16 heavy (non-hydrogen) atoms. The van der Waals surface area contributed by atoms with Crippen LogP contribution in [0.1, 0.15) is 29.3 Å². The third-order valence-corrected chi connectivity index (χ3v) is 2.56. The van der Waals surface area contributed by atoms with E-state index in [0.717, 1.165) is 5.56 Å². The molecule has 1 aromatic heterocycles. The molecule has 0 aliphatic heterocycles.